The highest BCUT2D eigenvalue weighted by Gasteiger charge is 2.32. The van der Waals surface area contributed by atoms with E-state index in [1.54, 1.807) is 0 Å². The fourth-order valence-electron chi connectivity index (χ4n) is 4.13. The lowest BCUT2D eigenvalue weighted by Crippen LogP contribution is -2.41. The van der Waals surface area contributed by atoms with E-state index in [9.17, 15) is 14.7 Å². The second kappa shape index (κ2) is 4.85. The van der Waals surface area contributed by atoms with Crippen LogP contribution >= 0.6 is 0 Å². The van der Waals surface area contributed by atoms with E-state index in [2.05, 4.69) is 18.7 Å². The van der Waals surface area contributed by atoms with Gasteiger partial charge in [0.25, 0.3) is 0 Å². The quantitative estimate of drug-likeness (QED) is 0.743. The van der Waals surface area contributed by atoms with Crippen LogP contribution in [0.3, 0.4) is 0 Å². The molecule has 0 bridgehead atoms. The van der Waals surface area contributed by atoms with Crippen molar-refractivity contribution in [2.75, 3.05) is 18.0 Å². The zero-order valence-electron chi connectivity index (χ0n) is 13.2. The van der Waals surface area contributed by atoms with Gasteiger partial charge in [0.1, 0.15) is 5.58 Å². The number of hydrogen-bond donors (Lipinski definition) is 0. The molecule has 2 aliphatic rings. The number of carboxylic acid groups (broad SMARTS) is 1. The summed E-state index contributed by atoms with van der Waals surface area (Å²) in [4.78, 5) is 25.4. The van der Waals surface area contributed by atoms with Gasteiger partial charge in [0, 0.05) is 29.7 Å². The van der Waals surface area contributed by atoms with Crippen LogP contribution in [0, 0.1) is 11.8 Å². The Hall–Kier alpha value is -2.30. The maximum Gasteiger partial charge on any atom is 0.345 e. The van der Waals surface area contributed by atoms with E-state index in [4.69, 9.17) is 4.42 Å². The third-order valence-electron chi connectivity index (χ3n) is 4.89. The van der Waals surface area contributed by atoms with Crippen LogP contribution in [0.2, 0.25) is 0 Å². The molecule has 2 aliphatic heterocycles. The number of rotatable bonds is 1. The number of hydrogen-bond acceptors (Lipinski definition) is 5. The number of aromatic carboxylic acids is 1. The predicted octanol–water partition coefficient (Wildman–Crippen LogP) is 1.35. The minimum Gasteiger partial charge on any atom is -0.545 e. The predicted molar refractivity (Wildman–Crippen MR) is 84.8 cm³/mol. The number of carbonyl (C=O) groups is 1. The van der Waals surface area contributed by atoms with Crippen LogP contribution in [-0.4, -0.2) is 19.1 Å². The highest BCUT2D eigenvalue weighted by atomic mass is 16.4. The summed E-state index contributed by atoms with van der Waals surface area (Å²) in [6, 6.07) is 3.37. The van der Waals surface area contributed by atoms with E-state index < -0.39 is 17.2 Å². The van der Waals surface area contributed by atoms with Gasteiger partial charge in [-0.25, -0.2) is 4.79 Å². The van der Waals surface area contributed by atoms with E-state index in [0.717, 1.165) is 31.5 Å². The van der Waals surface area contributed by atoms with Crippen molar-refractivity contribution in [1.29, 1.82) is 0 Å². The zero-order valence-corrected chi connectivity index (χ0v) is 13.2. The second-order valence-corrected chi connectivity index (χ2v) is 7.04. The number of benzene rings is 1. The molecule has 0 fully saturated rings. The first-order chi connectivity index (χ1) is 10.9. The van der Waals surface area contributed by atoms with Crippen molar-refractivity contribution in [3.8, 4) is 0 Å². The van der Waals surface area contributed by atoms with E-state index in [0.29, 0.717) is 22.8 Å². The minimum atomic E-state index is -1.49. The van der Waals surface area contributed by atoms with Crippen LogP contribution in [0.15, 0.2) is 21.3 Å². The normalized spacial score (nSPS) is 23.0. The summed E-state index contributed by atoms with van der Waals surface area (Å²) in [5, 5.41) is 11.8. The molecule has 2 unspecified atom stereocenters. The Labute approximate surface area is 133 Å². The molecular weight excluding hydrogens is 294 g/mol. The average molecular weight is 312 g/mol. The highest BCUT2D eigenvalue weighted by molar-refractivity contribution is 5.94. The van der Waals surface area contributed by atoms with Gasteiger partial charge < -0.3 is 19.2 Å². The van der Waals surface area contributed by atoms with Gasteiger partial charge in [-0.3, -0.25) is 0 Å². The van der Waals surface area contributed by atoms with Gasteiger partial charge >= 0.3 is 5.63 Å². The van der Waals surface area contributed by atoms with Crippen molar-refractivity contribution in [1.82, 2.24) is 0 Å². The van der Waals surface area contributed by atoms with Gasteiger partial charge in [-0.2, -0.15) is 0 Å². The van der Waals surface area contributed by atoms with Crippen LogP contribution in [-0.2, 0) is 12.8 Å². The minimum absolute atomic E-state index is 0.408. The Morgan fingerprint density at radius 2 is 1.91 bits per heavy atom. The van der Waals surface area contributed by atoms with E-state index >= 15 is 0 Å². The average Bonchev–Trinajstić information content (AvgIpc) is 2.46. The molecule has 0 aliphatic carbocycles. The summed E-state index contributed by atoms with van der Waals surface area (Å²) in [5.74, 6) is -0.470. The number of carboxylic acids is 1. The molecule has 0 saturated heterocycles. The molecular formula is C18H18NO4-. The molecule has 23 heavy (non-hydrogen) atoms. The van der Waals surface area contributed by atoms with Gasteiger partial charge in [0.15, 0.2) is 0 Å². The first-order valence-corrected chi connectivity index (χ1v) is 8.03. The zero-order chi connectivity index (χ0) is 16.3. The van der Waals surface area contributed by atoms with Crippen molar-refractivity contribution in [2.24, 2.45) is 11.8 Å². The lowest BCUT2D eigenvalue weighted by Gasteiger charge is -2.41. The molecule has 1 aromatic carbocycles. The van der Waals surface area contributed by atoms with Crippen LogP contribution in [0.4, 0.5) is 5.69 Å². The summed E-state index contributed by atoms with van der Waals surface area (Å²) in [7, 11) is 0. The van der Waals surface area contributed by atoms with Gasteiger partial charge in [0.2, 0.25) is 0 Å². The Morgan fingerprint density at radius 3 is 2.61 bits per heavy atom. The molecule has 5 heteroatoms. The standard InChI is InChI=1S/C18H19NO4/c1-9-3-11-5-12-6-14(17(20)21)18(22)23-16(12)13-4-10(2)8-19(7-9)15(11)13/h5-6,9-10H,3-4,7-8H2,1-2H3,(H,20,21)/p-1. The number of anilines is 1. The van der Waals surface area contributed by atoms with Crippen molar-refractivity contribution < 1.29 is 14.3 Å². The second-order valence-electron chi connectivity index (χ2n) is 7.04. The third-order valence-corrected chi connectivity index (χ3v) is 4.89. The molecule has 0 spiro atoms. The fourth-order valence-corrected chi connectivity index (χ4v) is 4.13. The molecule has 0 amide bonds. The van der Waals surface area contributed by atoms with E-state index in [1.165, 1.54) is 17.3 Å². The van der Waals surface area contributed by atoms with E-state index in [1.807, 2.05) is 6.07 Å². The molecule has 4 rings (SSSR count). The maximum atomic E-state index is 11.9. The fraction of sp³-hybridized carbons (Fsp3) is 0.444. The van der Waals surface area contributed by atoms with Crippen molar-refractivity contribution in [3.63, 3.8) is 0 Å². The Balaban J connectivity index is 2.05. The molecule has 0 saturated carbocycles. The molecule has 5 nitrogen and oxygen atoms in total. The van der Waals surface area contributed by atoms with Gasteiger partial charge in [-0.1, -0.05) is 13.8 Å². The number of carbonyl (C=O) groups excluding carboxylic acids is 1. The molecule has 3 heterocycles. The summed E-state index contributed by atoms with van der Waals surface area (Å²) in [5.41, 5.74) is 2.75. The van der Waals surface area contributed by atoms with Crippen molar-refractivity contribution >= 4 is 22.6 Å². The molecule has 2 aromatic rings. The SMILES string of the molecule is CC1Cc2cc3cc(C(=O)[O-])c(=O)oc3c3c2N(C1)CC(C)C3. The van der Waals surface area contributed by atoms with Crippen LogP contribution in [0.5, 0.6) is 0 Å². The lowest BCUT2D eigenvalue weighted by atomic mass is 9.83. The van der Waals surface area contributed by atoms with Gasteiger partial charge in [-0.05, 0) is 42.4 Å². The van der Waals surface area contributed by atoms with Crippen molar-refractivity contribution in [2.45, 2.75) is 26.7 Å². The largest absolute Gasteiger partial charge is 0.545 e. The van der Waals surface area contributed by atoms with Crippen LogP contribution in [0.1, 0.15) is 35.3 Å². The molecule has 2 atom stereocenters. The summed E-state index contributed by atoms with van der Waals surface area (Å²) in [6.45, 7) is 6.44. The van der Waals surface area contributed by atoms with Gasteiger partial charge in [0.05, 0.1) is 11.5 Å². The molecule has 0 N–H and O–H groups in total. The third kappa shape index (κ3) is 2.14. The highest BCUT2D eigenvalue weighted by Crippen LogP contribution is 2.42. The van der Waals surface area contributed by atoms with E-state index in [-0.39, 0.29) is 0 Å². The van der Waals surface area contributed by atoms with Crippen molar-refractivity contribution in [3.05, 3.63) is 39.2 Å². The molecule has 1 aromatic heterocycles. The topological polar surface area (TPSA) is 73.6 Å². The summed E-state index contributed by atoms with van der Waals surface area (Å²) < 4.78 is 5.40. The Kier molecular flexibility index (Phi) is 3.01. The van der Waals surface area contributed by atoms with Crippen LogP contribution in [0.25, 0.3) is 11.0 Å². The number of nitrogens with zero attached hydrogens (tertiary/aromatic N) is 1. The monoisotopic (exact) mass is 312 g/mol. The smallest absolute Gasteiger partial charge is 0.345 e. The number of fused-ring (bicyclic) bond motifs is 2. The summed E-state index contributed by atoms with van der Waals surface area (Å²) in [6.07, 6.45) is 1.81. The van der Waals surface area contributed by atoms with Crippen LogP contribution < -0.4 is 15.6 Å². The molecule has 0 radical (unpaired) electrons. The molecule has 120 valence electrons. The first kappa shape index (κ1) is 14.3. The Morgan fingerprint density at radius 1 is 1.22 bits per heavy atom. The Bertz CT molecular complexity index is 881. The van der Waals surface area contributed by atoms with Gasteiger partial charge in [-0.15, -0.1) is 0 Å². The maximum absolute atomic E-state index is 11.9. The summed E-state index contributed by atoms with van der Waals surface area (Å²) >= 11 is 0. The lowest BCUT2D eigenvalue weighted by molar-refractivity contribution is -0.255. The first-order valence-electron chi connectivity index (χ1n) is 8.03.